The van der Waals surface area contributed by atoms with Gasteiger partial charge in [0.25, 0.3) is 11.5 Å². The highest BCUT2D eigenvalue weighted by atomic mass is 79.9. The second-order valence-electron chi connectivity index (χ2n) is 8.23. The van der Waals surface area contributed by atoms with Crippen molar-refractivity contribution in [3.8, 4) is 11.5 Å². The molecule has 4 rings (SSSR count). The van der Waals surface area contributed by atoms with Crippen LogP contribution in [-0.2, 0) is 11.2 Å². The topological polar surface area (TPSA) is 94.8 Å². The molecule has 0 fully saturated rings. The molecule has 4 aromatic rings. The third-order valence-corrected chi connectivity index (χ3v) is 7.50. The van der Waals surface area contributed by atoms with Crippen LogP contribution in [0.25, 0.3) is 10.9 Å². The summed E-state index contributed by atoms with van der Waals surface area (Å²) in [7, 11) is 1.46. The first-order valence-electron chi connectivity index (χ1n) is 11.5. The monoisotopic (exact) mass is 660 g/mol. The quantitative estimate of drug-likeness (QED) is 0.222. The molecule has 8 nitrogen and oxygen atoms in total. The molecule has 0 aliphatic rings. The van der Waals surface area contributed by atoms with Crippen molar-refractivity contribution in [2.75, 3.05) is 19.0 Å². The number of nitrogens with one attached hydrogen (secondary N) is 1. The van der Waals surface area contributed by atoms with Crippen LogP contribution in [0, 0.1) is 6.92 Å². The summed E-state index contributed by atoms with van der Waals surface area (Å²) < 4.78 is 13.7. The maximum absolute atomic E-state index is 13.2. The Kier molecular flexibility index (Phi) is 8.86. The fraction of sp³-hybridized carbons (Fsp3) is 0.185. The van der Waals surface area contributed by atoms with Crippen molar-refractivity contribution in [2.45, 2.75) is 20.3 Å². The Morgan fingerprint density at radius 3 is 2.61 bits per heavy atom. The van der Waals surface area contributed by atoms with E-state index >= 15 is 0 Å². The average molecular weight is 663 g/mol. The number of carbonyl (C=O) groups excluding carboxylic acids is 1. The first-order valence-corrected chi connectivity index (χ1v) is 13.5. The van der Waals surface area contributed by atoms with Gasteiger partial charge in [-0.1, -0.05) is 52.2 Å². The van der Waals surface area contributed by atoms with Gasteiger partial charge in [-0.05, 0) is 59.3 Å². The van der Waals surface area contributed by atoms with Crippen molar-refractivity contribution in [1.82, 2.24) is 9.66 Å². The third-order valence-electron chi connectivity index (χ3n) is 5.56. The number of aryl methyl sites for hydroxylation is 2. The number of anilines is 1. The molecule has 196 valence electrons. The van der Waals surface area contributed by atoms with E-state index in [9.17, 15) is 9.59 Å². The molecule has 0 atom stereocenters. The van der Waals surface area contributed by atoms with E-state index in [-0.39, 0.29) is 28.8 Å². The van der Waals surface area contributed by atoms with Gasteiger partial charge < -0.3 is 14.8 Å². The number of rotatable bonds is 8. The van der Waals surface area contributed by atoms with E-state index in [1.54, 1.807) is 18.2 Å². The number of nitrogens with zero attached hydrogens (tertiary/aromatic N) is 3. The first-order chi connectivity index (χ1) is 18.2. The van der Waals surface area contributed by atoms with Gasteiger partial charge in [-0.3, -0.25) is 9.59 Å². The van der Waals surface area contributed by atoms with Crippen LogP contribution in [-0.4, -0.2) is 35.5 Å². The molecular weight excluding hydrogens is 640 g/mol. The molecule has 3 aromatic carbocycles. The lowest BCUT2D eigenvalue weighted by Gasteiger charge is -2.15. The van der Waals surface area contributed by atoms with Gasteiger partial charge in [-0.25, -0.2) is 4.98 Å². The number of amides is 1. The molecule has 0 unspecified atom stereocenters. The number of benzene rings is 3. The van der Waals surface area contributed by atoms with Gasteiger partial charge >= 0.3 is 0 Å². The highest BCUT2D eigenvalue weighted by Crippen LogP contribution is 2.42. The summed E-state index contributed by atoms with van der Waals surface area (Å²) in [5.41, 5.74) is 2.59. The number of halogens is 3. The molecule has 11 heteroatoms. The molecule has 38 heavy (non-hydrogen) atoms. The van der Waals surface area contributed by atoms with E-state index in [0.717, 1.165) is 10.0 Å². The summed E-state index contributed by atoms with van der Waals surface area (Å²) in [6, 6.07) is 14.4. The lowest BCUT2D eigenvalue weighted by Crippen LogP contribution is -2.22. The number of ether oxygens (including phenoxy) is 2. The second-order valence-corrected chi connectivity index (χ2v) is 10.3. The number of carbonyl (C=O) groups is 1. The fourth-order valence-corrected chi connectivity index (χ4v) is 4.63. The summed E-state index contributed by atoms with van der Waals surface area (Å²) in [5.74, 6) is 0.651. The van der Waals surface area contributed by atoms with E-state index in [4.69, 9.17) is 21.1 Å². The van der Waals surface area contributed by atoms with Gasteiger partial charge in [0.2, 0.25) is 0 Å². The molecule has 1 amide bonds. The molecule has 0 radical (unpaired) electrons. The minimum atomic E-state index is -0.351. The van der Waals surface area contributed by atoms with Crippen molar-refractivity contribution in [1.29, 1.82) is 0 Å². The minimum absolute atomic E-state index is 0.192. The first kappa shape index (κ1) is 27.8. The molecule has 0 bridgehead atoms. The predicted octanol–water partition coefficient (Wildman–Crippen LogP) is 6.35. The Labute approximate surface area is 240 Å². The molecular formula is C27H23Br2ClN4O4. The van der Waals surface area contributed by atoms with E-state index in [1.807, 2.05) is 44.2 Å². The lowest BCUT2D eigenvalue weighted by atomic mass is 10.2. The summed E-state index contributed by atoms with van der Waals surface area (Å²) in [6.07, 6.45) is 1.99. The van der Waals surface area contributed by atoms with Crippen LogP contribution in [0.1, 0.15) is 23.9 Å². The van der Waals surface area contributed by atoms with Crippen LogP contribution in [0.2, 0.25) is 5.02 Å². The third kappa shape index (κ3) is 6.09. The Morgan fingerprint density at radius 1 is 1.18 bits per heavy atom. The van der Waals surface area contributed by atoms with Crippen LogP contribution in [0.3, 0.4) is 0 Å². The Hall–Kier alpha value is -3.21. The number of hydrogen-bond donors (Lipinski definition) is 1. The fourth-order valence-electron chi connectivity index (χ4n) is 3.62. The normalized spacial score (nSPS) is 11.2. The van der Waals surface area contributed by atoms with E-state index in [0.29, 0.717) is 44.6 Å². The molecule has 0 spiro atoms. The summed E-state index contributed by atoms with van der Waals surface area (Å²) >= 11 is 13.4. The van der Waals surface area contributed by atoms with Crippen molar-refractivity contribution in [3.05, 3.63) is 89.8 Å². The Bertz CT molecular complexity index is 1600. The summed E-state index contributed by atoms with van der Waals surface area (Å²) in [4.78, 5) is 30.2. The van der Waals surface area contributed by atoms with E-state index in [1.165, 1.54) is 18.0 Å². The van der Waals surface area contributed by atoms with Crippen LogP contribution in [0.4, 0.5) is 5.69 Å². The molecule has 1 aromatic heterocycles. The van der Waals surface area contributed by atoms with Gasteiger partial charge in [-0.2, -0.15) is 9.78 Å². The standard InChI is InChI=1S/C27H23Br2ClN4O4/c1-4-22-33-20-10-7-17(28)12-19(20)27(36)34(22)31-13-16-11-21(37-3)26(25(30)24(16)29)38-14-23(35)32-18-8-5-15(2)6-9-18/h5-13H,4,14H2,1-3H3,(H,32,35). The van der Waals surface area contributed by atoms with Gasteiger partial charge in [0.15, 0.2) is 18.1 Å². The zero-order chi connectivity index (χ0) is 27.4. The Morgan fingerprint density at radius 2 is 1.92 bits per heavy atom. The van der Waals surface area contributed by atoms with Gasteiger partial charge in [-0.15, -0.1) is 0 Å². The molecule has 0 saturated heterocycles. The van der Waals surface area contributed by atoms with Gasteiger partial charge in [0.1, 0.15) is 10.8 Å². The van der Waals surface area contributed by atoms with E-state index < -0.39 is 0 Å². The zero-order valence-electron chi connectivity index (χ0n) is 20.7. The van der Waals surface area contributed by atoms with Crippen molar-refractivity contribution < 1.29 is 14.3 Å². The van der Waals surface area contributed by atoms with Crippen molar-refractivity contribution in [3.63, 3.8) is 0 Å². The van der Waals surface area contributed by atoms with Gasteiger partial charge in [0.05, 0.1) is 24.2 Å². The largest absolute Gasteiger partial charge is 0.493 e. The average Bonchev–Trinajstić information content (AvgIpc) is 2.91. The highest BCUT2D eigenvalue weighted by molar-refractivity contribution is 9.10. The predicted molar refractivity (Wildman–Crippen MR) is 157 cm³/mol. The maximum Gasteiger partial charge on any atom is 0.282 e. The molecule has 1 heterocycles. The van der Waals surface area contributed by atoms with Gasteiger partial charge in [0, 0.05) is 26.6 Å². The number of aromatic nitrogens is 2. The molecule has 0 saturated carbocycles. The van der Waals surface area contributed by atoms with Crippen LogP contribution < -0.4 is 20.3 Å². The SMILES string of the molecule is CCc1nc2ccc(Br)cc2c(=O)n1N=Cc1cc(OC)c(OCC(=O)Nc2ccc(C)cc2)c(Cl)c1Br. The molecule has 0 aliphatic heterocycles. The zero-order valence-corrected chi connectivity index (χ0v) is 24.6. The van der Waals surface area contributed by atoms with Crippen molar-refractivity contribution >= 4 is 72.2 Å². The smallest absolute Gasteiger partial charge is 0.282 e. The van der Waals surface area contributed by atoms with E-state index in [2.05, 4.69) is 47.3 Å². The van der Waals surface area contributed by atoms with Crippen LogP contribution >= 0.6 is 43.5 Å². The molecule has 1 N–H and O–H groups in total. The van der Waals surface area contributed by atoms with Crippen LogP contribution in [0.15, 0.2) is 67.4 Å². The maximum atomic E-state index is 13.2. The number of methoxy groups -OCH3 is 1. The van der Waals surface area contributed by atoms with Crippen LogP contribution in [0.5, 0.6) is 11.5 Å². The minimum Gasteiger partial charge on any atom is -0.493 e. The number of fused-ring (bicyclic) bond motifs is 1. The lowest BCUT2D eigenvalue weighted by molar-refractivity contribution is -0.118. The summed E-state index contributed by atoms with van der Waals surface area (Å²) in [6.45, 7) is 3.58. The Balaban J connectivity index is 1.61. The van der Waals surface area contributed by atoms with Crippen molar-refractivity contribution in [2.24, 2.45) is 5.10 Å². The second kappa shape index (κ2) is 12.1. The summed E-state index contributed by atoms with van der Waals surface area (Å²) in [5, 5.41) is 7.82. The highest BCUT2D eigenvalue weighted by Gasteiger charge is 2.19. The number of hydrogen-bond acceptors (Lipinski definition) is 6. The molecule has 0 aliphatic carbocycles.